The van der Waals surface area contributed by atoms with Crippen LogP contribution in [0.25, 0.3) is 11.0 Å². The number of rotatable bonds is 3. The van der Waals surface area contributed by atoms with Crippen LogP contribution in [-0.4, -0.2) is 21.5 Å². The van der Waals surface area contributed by atoms with Crippen LogP contribution >= 0.6 is 0 Å². The molecule has 0 aliphatic carbocycles. The molecule has 1 aromatic carbocycles. The molecule has 0 saturated heterocycles. The first-order chi connectivity index (χ1) is 12.0. The van der Waals surface area contributed by atoms with E-state index >= 15 is 0 Å². The van der Waals surface area contributed by atoms with Gasteiger partial charge in [-0.3, -0.25) is 4.79 Å². The Kier molecular flexibility index (Phi) is 3.86. The number of imidazole rings is 1. The largest absolute Gasteiger partial charge is 0.464 e. The molecular formula is C20H23N3O2. The number of hydrogen-bond donors (Lipinski definition) is 1. The monoisotopic (exact) mass is 337 g/mol. The smallest absolute Gasteiger partial charge is 0.224 e. The minimum Gasteiger partial charge on any atom is -0.464 e. The molecule has 0 radical (unpaired) electrons. The number of carbonyl (C=O) groups excluding carboxylic acids is 1. The minimum atomic E-state index is 0.0474. The number of nitrogens with one attached hydrogen (secondary N) is 1. The Morgan fingerprint density at radius 1 is 1.32 bits per heavy atom. The first-order valence-corrected chi connectivity index (χ1v) is 8.79. The molecule has 0 bridgehead atoms. The molecule has 130 valence electrons. The van der Waals surface area contributed by atoms with Crippen LogP contribution in [0.1, 0.15) is 34.6 Å². The van der Waals surface area contributed by atoms with Crippen molar-refractivity contribution in [2.45, 2.75) is 52.6 Å². The highest BCUT2D eigenvalue weighted by molar-refractivity contribution is 5.88. The van der Waals surface area contributed by atoms with Gasteiger partial charge in [0, 0.05) is 36.2 Å². The number of benzene rings is 1. The molecule has 1 aliphatic heterocycles. The van der Waals surface area contributed by atoms with Crippen molar-refractivity contribution >= 4 is 16.9 Å². The van der Waals surface area contributed by atoms with Crippen molar-refractivity contribution in [1.29, 1.82) is 0 Å². The maximum Gasteiger partial charge on any atom is 0.224 e. The summed E-state index contributed by atoms with van der Waals surface area (Å²) in [5.74, 6) is 1.17. The summed E-state index contributed by atoms with van der Waals surface area (Å²) >= 11 is 0. The van der Waals surface area contributed by atoms with Gasteiger partial charge in [-0.2, -0.15) is 0 Å². The molecule has 5 nitrogen and oxygen atoms in total. The highest BCUT2D eigenvalue weighted by Gasteiger charge is 2.21. The zero-order chi connectivity index (χ0) is 17.6. The standard InChI is InChI=1S/C20H23N3O2/c1-12-6-17-15(11-25-18(17)7-13(12)2)8-20(24)22-16-4-5-19-21-14(3)9-23(19)10-16/h6-7,9,11,16H,4-5,8,10H2,1-3H3,(H,22,24)/t16-/m1/s1. The van der Waals surface area contributed by atoms with Gasteiger partial charge in [-0.25, -0.2) is 4.98 Å². The molecule has 0 fully saturated rings. The van der Waals surface area contributed by atoms with Crippen molar-refractivity contribution in [1.82, 2.24) is 14.9 Å². The number of nitrogens with zero attached hydrogens (tertiary/aromatic N) is 2. The third-order valence-electron chi connectivity index (χ3n) is 5.10. The lowest BCUT2D eigenvalue weighted by Gasteiger charge is -2.24. The van der Waals surface area contributed by atoms with Gasteiger partial charge in [-0.1, -0.05) is 0 Å². The van der Waals surface area contributed by atoms with E-state index in [9.17, 15) is 4.79 Å². The van der Waals surface area contributed by atoms with E-state index in [2.05, 4.69) is 41.0 Å². The summed E-state index contributed by atoms with van der Waals surface area (Å²) in [6.45, 7) is 6.95. The Balaban J connectivity index is 1.45. The normalized spacial score (nSPS) is 16.8. The van der Waals surface area contributed by atoms with Crippen LogP contribution in [0.4, 0.5) is 0 Å². The second-order valence-corrected chi connectivity index (χ2v) is 7.12. The van der Waals surface area contributed by atoms with Gasteiger partial charge in [0.2, 0.25) is 5.91 Å². The van der Waals surface area contributed by atoms with Crippen LogP contribution in [0.5, 0.6) is 0 Å². The second-order valence-electron chi connectivity index (χ2n) is 7.12. The number of amides is 1. The van der Waals surface area contributed by atoms with E-state index in [1.165, 1.54) is 11.1 Å². The second kappa shape index (κ2) is 6.06. The third-order valence-corrected chi connectivity index (χ3v) is 5.10. The average molecular weight is 337 g/mol. The molecular weight excluding hydrogens is 314 g/mol. The van der Waals surface area contributed by atoms with E-state index in [-0.39, 0.29) is 11.9 Å². The highest BCUT2D eigenvalue weighted by Crippen LogP contribution is 2.25. The topological polar surface area (TPSA) is 60.1 Å². The Bertz CT molecular complexity index is 951. The number of furan rings is 1. The van der Waals surface area contributed by atoms with Crippen molar-refractivity contribution in [2.75, 3.05) is 0 Å². The number of fused-ring (bicyclic) bond motifs is 2. The summed E-state index contributed by atoms with van der Waals surface area (Å²) in [5, 5.41) is 4.21. The van der Waals surface area contributed by atoms with Crippen LogP contribution in [-0.2, 0) is 24.2 Å². The molecule has 1 aliphatic rings. The number of aromatic nitrogens is 2. The number of hydrogen-bond acceptors (Lipinski definition) is 3. The van der Waals surface area contributed by atoms with Crippen LogP contribution in [0.2, 0.25) is 0 Å². The number of carbonyl (C=O) groups is 1. The maximum absolute atomic E-state index is 12.5. The van der Waals surface area contributed by atoms with Crippen LogP contribution < -0.4 is 5.32 Å². The summed E-state index contributed by atoms with van der Waals surface area (Å²) in [6, 6.07) is 4.31. The van der Waals surface area contributed by atoms with Crippen LogP contribution in [0.15, 0.2) is 29.0 Å². The van der Waals surface area contributed by atoms with Crippen molar-refractivity contribution in [3.8, 4) is 0 Å². The quantitative estimate of drug-likeness (QED) is 0.798. The Morgan fingerprint density at radius 2 is 2.12 bits per heavy atom. The van der Waals surface area contributed by atoms with E-state index in [1.54, 1.807) is 6.26 Å². The summed E-state index contributed by atoms with van der Waals surface area (Å²) in [7, 11) is 0. The zero-order valence-corrected chi connectivity index (χ0v) is 14.9. The summed E-state index contributed by atoms with van der Waals surface area (Å²) in [5.41, 5.74) is 5.25. The van der Waals surface area contributed by atoms with Gasteiger partial charge in [0.1, 0.15) is 11.4 Å². The van der Waals surface area contributed by atoms with E-state index in [4.69, 9.17) is 4.42 Å². The van der Waals surface area contributed by atoms with E-state index < -0.39 is 0 Å². The molecule has 2 aromatic heterocycles. The van der Waals surface area contributed by atoms with Crippen molar-refractivity contribution < 1.29 is 9.21 Å². The lowest BCUT2D eigenvalue weighted by molar-refractivity contribution is -0.121. The van der Waals surface area contributed by atoms with Crippen molar-refractivity contribution in [2.24, 2.45) is 0 Å². The zero-order valence-electron chi connectivity index (χ0n) is 14.9. The molecule has 3 aromatic rings. The van der Waals surface area contributed by atoms with Gasteiger partial charge in [0.25, 0.3) is 0 Å². The molecule has 4 rings (SSSR count). The average Bonchev–Trinajstić information content (AvgIpc) is 3.10. The molecule has 5 heteroatoms. The molecule has 1 atom stereocenters. The van der Waals surface area contributed by atoms with Crippen molar-refractivity contribution in [3.05, 3.63) is 52.8 Å². The molecule has 1 N–H and O–H groups in total. The van der Waals surface area contributed by atoms with Gasteiger partial charge in [0.05, 0.1) is 18.4 Å². The fraction of sp³-hybridized carbons (Fsp3) is 0.400. The SMILES string of the molecule is Cc1cn2c(n1)CC[C@@H](NC(=O)Cc1coc3cc(C)c(C)cc13)C2. The molecule has 0 saturated carbocycles. The molecule has 25 heavy (non-hydrogen) atoms. The van der Waals surface area contributed by atoms with Gasteiger partial charge < -0.3 is 14.3 Å². The number of aryl methyl sites for hydroxylation is 4. The molecule has 0 unspecified atom stereocenters. The van der Waals surface area contributed by atoms with E-state index in [1.807, 2.05) is 13.0 Å². The van der Waals surface area contributed by atoms with Crippen molar-refractivity contribution in [3.63, 3.8) is 0 Å². The molecule has 1 amide bonds. The Labute approximate surface area is 147 Å². The summed E-state index contributed by atoms with van der Waals surface area (Å²) in [6.07, 6.45) is 5.96. The first kappa shape index (κ1) is 15.9. The van der Waals surface area contributed by atoms with Crippen LogP contribution in [0, 0.1) is 20.8 Å². The van der Waals surface area contributed by atoms with Gasteiger partial charge >= 0.3 is 0 Å². The summed E-state index contributed by atoms with van der Waals surface area (Å²) in [4.78, 5) is 17.0. The van der Waals surface area contributed by atoms with Gasteiger partial charge in [-0.15, -0.1) is 0 Å². The van der Waals surface area contributed by atoms with Gasteiger partial charge in [0.15, 0.2) is 0 Å². The Morgan fingerprint density at radius 3 is 2.96 bits per heavy atom. The third kappa shape index (κ3) is 3.06. The molecule has 0 spiro atoms. The fourth-order valence-corrected chi connectivity index (χ4v) is 3.63. The van der Waals surface area contributed by atoms with E-state index in [0.717, 1.165) is 47.4 Å². The predicted molar refractivity (Wildman–Crippen MR) is 96.6 cm³/mol. The minimum absolute atomic E-state index is 0.0474. The lowest BCUT2D eigenvalue weighted by atomic mass is 10.0. The predicted octanol–water partition coefficient (Wildman–Crippen LogP) is 3.23. The highest BCUT2D eigenvalue weighted by atomic mass is 16.3. The maximum atomic E-state index is 12.5. The first-order valence-electron chi connectivity index (χ1n) is 8.79. The van der Waals surface area contributed by atoms with Gasteiger partial charge in [-0.05, 0) is 50.5 Å². The Hall–Kier alpha value is -2.56. The molecule has 3 heterocycles. The lowest BCUT2D eigenvalue weighted by Crippen LogP contribution is -2.41. The fourth-order valence-electron chi connectivity index (χ4n) is 3.63. The van der Waals surface area contributed by atoms with Crippen LogP contribution in [0.3, 0.4) is 0 Å². The van der Waals surface area contributed by atoms with E-state index in [0.29, 0.717) is 6.42 Å². The summed E-state index contributed by atoms with van der Waals surface area (Å²) < 4.78 is 7.79.